The van der Waals surface area contributed by atoms with E-state index < -0.39 is 34.1 Å². The maximum absolute atomic E-state index is 14.0. The molecule has 8 heteroatoms. The maximum Gasteiger partial charge on any atom is 0.244 e. The van der Waals surface area contributed by atoms with Crippen molar-refractivity contribution in [2.75, 3.05) is 17.1 Å². The van der Waals surface area contributed by atoms with Crippen LogP contribution in [0.2, 0.25) is 0 Å². The maximum atomic E-state index is 14.0. The molecule has 7 nitrogen and oxygen atoms in total. The fourth-order valence-electron chi connectivity index (χ4n) is 4.22. The third-order valence-corrected chi connectivity index (χ3v) is 7.15. The van der Waals surface area contributed by atoms with Crippen LogP contribution in [0.3, 0.4) is 0 Å². The van der Waals surface area contributed by atoms with Crippen LogP contribution in [0.15, 0.2) is 84.9 Å². The van der Waals surface area contributed by atoms with E-state index in [0.29, 0.717) is 5.69 Å². The summed E-state index contributed by atoms with van der Waals surface area (Å²) in [4.78, 5) is 29.2. The van der Waals surface area contributed by atoms with Crippen molar-refractivity contribution in [1.82, 2.24) is 10.2 Å². The highest BCUT2D eigenvalue weighted by Gasteiger charge is 2.34. The first-order chi connectivity index (χ1) is 17.8. The lowest BCUT2D eigenvalue weighted by atomic mass is 10.0. The lowest BCUT2D eigenvalue weighted by Crippen LogP contribution is -2.56. The molecule has 1 N–H and O–H groups in total. The summed E-state index contributed by atoms with van der Waals surface area (Å²) in [5.41, 5.74) is 2.37. The van der Waals surface area contributed by atoms with Crippen molar-refractivity contribution >= 4 is 27.5 Å². The van der Waals surface area contributed by atoms with Crippen molar-refractivity contribution in [3.05, 3.63) is 102 Å². The van der Waals surface area contributed by atoms with Crippen LogP contribution in [-0.2, 0) is 32.6 Å². The van der Waals surface area contributed by atoms with Crippen LogP contribution < -0.4 is 9.62 Å². The number of nitrogens with one attached hydrogen (secondary N) is 1. The molecular weight excluding hydrogens is 498 g/mol. The molecule has 0 radical (unpaired) electrons. The number of aryl methyl sites for hydroxylation is 1. The van der Waals surface area contributed by atoms with Gasteiger partial charge in [-0.05, 0) is 50.5 Å². The Morgan fingerprint density at radius 1 is 0.842 bits per heavy atom. The summed E-state index contributed by atoms with van der Waals surface area (Å²) in [5, 5.41) is 3.02. The average Bonchev–Trinajstić information content (AvgIpc) is 2.84. The summed E-state index contributed by atoms with van der Waals surface area (Å²) in [6, 6.07) is 25.1. The Morgan fingerprint density at radius 2 is 1.37 bits per heavy atom. The van der Waals surface area contributed by atoms with Crippen LogP contribution in [-0.4, -0.2) is 49.5 Å². The van der Waals surface area contributed by atoms with Crippen molar-refractivity contribution in [3.8, 4) is 0 Å². The van der Waals surface area contributed by atoms with Gasteiger partial charge < -0.3 is 10.2 Å². The number of carbonyl (C=O) groups is 2. The highest BCUT2D eigenvalue weighted by atomic mass is 32.2. The van der Waals surface area contributed by atoms with E-state index in [4.69, 9.17) is 0 Å². The molecule has 1 atom stereocenters. The minimum absolute atomic E-state index is 0.153. The summed E-state index contributed by atoms with van der Waals surface area (Å²) in [6.07, 6.45) is 1.37. The van der Waals surface area contributed by atoms with Gasteiger partial charge in [-0.2, -0.15) is 0 Å². The smallest absolute Gasteiger partial charge is 0.244 e. The molecule has 0 heterocycles. The zero-order chi connectivity index (χ0) is 27.9. The lowest BCUT2D eigenvalue weighted by molar-refractivity contribution is -0.140. The summed E-state index contributed by atoms with van der Waals surface area (Å²) < 4.78 is 26.8. The van der Waals surface area contributed by atoms with Gasteiger partial charge in [-0.15, -0.1) is 0 Å². The van der Waals surface area contributed by atoms with Gasteiger partial charge in [-0.1, -0.05) is 78.9 Å². The van der Waals surface area contributed by atoms with E-state index >= 15 is 0 Å². The van der Waals surface area contributed by atoms with Crippen molar-refractivity contribution in [3.63, 3.8) is 0 Å². The zero-order valence-electron chi connectivity index (χ0n) is 22.7. The Hall–Kier alpha value is -3.65. The largest absolute Gasteiger partial charge is 0.350 e. The number of hydrogen-bond donors (Lipinski definition) is 1. The Balaban J connectivity index is 2.06. The number of anilines is 1. The second kappa shape index (κ2) is 12.3. The second-order valence-electron chi connectivity index (χ2n) is 10.5. The number of hydrogen-bond acceptors (Lipinski definition) is 4. The van der Waals surface area contributed by atoms with E-state index in [-0.39, 0.29) is 18.9 Å². The van der Waals surface area contributed by atoms with Crippen molar-refractivity contribution in [2.45, 2.75) is 52.2 Å². The molecule has 2 amide bonds. The number of amides is 2. The first-order valence-electron chi connectivity index (χ1n) is 12.6. The van der Waals surface area contributed by atoms with E-state index in [9.17, 15) is 18.0 Å². The molecule has 0 spiro atoms. The average molecular weight is 536 g/mol. The first-order valence-corrected chi connectivity index (χ1v) is 14.4. The number of rotatable bonds is 10. The lowest BCUT2D eigenvalue weighted by Gasteiger charge is -2.35. The SMILES string of the molecule is Cc1ccccc1N(CC(=O)N(Cc1ccccc1)[C@@H](Cc1ccccc1)C(=O)NC(C)(C)C)S(C)(=O)=O. The minimum Gasteiger partial charge on any atom is -0.350 e. The van der Waals surface area contributed by atoms with Crippen LogP contribution in [0.25, 0.3) is 0 Å². The van der Waals surface area contributed by atoms with Crippen LogP contribution in [0.5, 0.6) is 0 Å². The monoisotopic (exact) mass is 535 g/mol. The minimum atomic E-state index is -3.79. The molecular formula is C30H37N3O4S. The van der Waals surface area contributed by atoms with Gasteiger partial charge in [-0.3, -0.25) is 13.9 Å². The Morgan fingerprint density at radius 3 is 1.89 bits per heavy atom. The molecule has 0 aliphatic rings. The Kier molecular flexibility index (Phi) is 9.33. The molecule has 0 aliphatic heterocycles. The molecule has 0 aromatic heterocycles. The molecule has 3 aromatic rings. The Bertz CT molecular complexity index is 1340. The topological polar surface area (TPSA) is 86.8 Å². The van der Waals surface area contributed by atoms with E-state index in [2.05, 4.69) is 5.32 Å². The molecule has 3 rings (SSSR count). The molecule has 202 valence electrons. The third-order valence-electron chi connectivity index (χ3n) is 6.03. The van der Waals surface area contributed by atoms with E-state index in [0.717, 1.165) is 27.3 Å². The van der Waals surface area contributed by atoms with E-state index in [1.54, 1.807) is 25.1 Å². The molecule has 0 aliphatic carbocycles. The van der Waals surface area contributed by atoms with Crippen LogP contribution >= 0.6 is 0 Å². The van der Waals surface area contributed by atoms with Gasteiger partial charge in [0.25, 0.3) is 0 Å². The van der Waals surface area contributed by atoms with Gasteiger partial charge in [0.15, 0.2) is 0 Å². The quantitative estimate of drug-likeness (QED) is 0.419. The van der Waals surface area contributed by atoms with E-state index in [1.807, 2.05) is 87.5 Å². The van der Waals surface area contributed by atoms with Crippen LogP contribution in [0.4, 0.5) is 5.69 Å². The number of sulfonamides is 1. The fourth-order valence-corrected chi connectivity index (χ4v) is 5.13. The van der Waals surface area contributed by atoms with Gasteiger partial charge >= 0.3 is 0 Å². The highest BCUT2D eigenvalue weighted by Crippen LogP contribution is 2.23. The molecule has 0 bridgehead atoms. The number of nitrogens with zero attached hydrogens (tertiary/aromatic N) is 2. The summed E-state index contributed by atoms with van der Waals surface area (Å²) >= 11 is 0. The van der Waals surface area contributed by atoms with Gasteiger partial charge in [0.2, 0.25) is 21.8 Å². The first kappa shape index (κ1) is 28.9. The van der Waals surface area contributed by atoms with Crippen molar-refractivity contribution in [2.24, 2.45) is 0 Å². The molecule has 0 saturated carbocycles. The van der Waals surface area contributed by atoms with Crippen LogP contribution in [0.1, 0.15) is 37.5 Å². The van der Waals surface area contributed by atoms with Gasteiger partial charge in [0.05, 0.1) is 11.9 Å². The predicted octanol–water partition coefficient (Wildman–Crippen LogP) is 4.32. The molecule has 38 heavy (non-hydrogen) atoms. The summed E-state index contributed by atoms with van der Waals surface area (Å²) in [6.45, 7) is 7.19. The van der Waals surface area contributed by atoms with Crippen LogP contribution in [0, 0.1) is 6.92 Å². The molecule has 0 saturated heterocycles. The molecule has 0 unspecified atom stereocenters. The van der Waals surface area contributed by atoms with Gasteiger partial charge in [-0.25, -0.2) is 8.42 Å². The summed E-state index contributed by atoms with van der Waals surface area (Å²) in [5.74, 6) is -0.764. The predicted molar refractivity (Wildman–Crippen MR) is 152 cm³/mol. The number of benzene rings is 3. The van der Waals surface area contributed by atoms with E-state index in [1.165, 1.54) is 4.90 Å². The highest BCUT2D eigenvalue weighted by molar-refractivity contribution is 7.92. The molecule has 0 fully saturated rings. The zero-order valence-corrected chi connectivity index (χ0v) is 23.5. The fraction of sp³-hybridized carbons (Fsp3) is 0.333. The third kappa shape index (κ3) is 8.18. The van der Waals surface area contributed by atoms with Crippen molar-refractivity contribution < 1.29 is 18.0 Å². The van der Waals surface area contributed by atoms with Gasteiger partial charge in [0.1, 0.15) is 12.6 Å². The molecule has 3 aromatic carbocycles. The second-order valence-corrected chi connectivity index (χ2v) is 12.4. The summed E-state index contributed by atoms with van der Waals surface area (Å²) in [7, 11) is -3.79. The Labute approximate surface area is 226 Å². The standard InChI is InChI=1S/C30H37N3O4S/c1-23-14-12-13-19-26(23)33(38(5,36)37)22-28(34)32(21-25-17-10-7-11-18-25)27(29(35)31-30(2,3)4)20-24-15-8-6-9-16-24/h6-19,27H,20-22H2,1-5H3,(H,31,35)/t27-/m0/s1. The number of para-hydroxylation sites is 1. The van der Waals surface area contributed by atoms with Crippen molar-refractivity contribution in [1.29, 1.82) is 0 Å². The normalized spacial score (nSPS) is 12.4. The van der Waals surface area contributed by atoms with Gasteiger partial charge in [0, 0.05) is 18.5 Å². The number of carbonyl (C=O) groups excluding carboxylic acids is 2.